The highest BCUT2D eigenvalue weighted by molar-refractivity contribution is 7.89. The number of carboxylic acids is 1. The second-order valence-electron chi connectivity index (χ2n) is 7.94. The minimum atomic E-state index is -3.86. The first kappa shape index (κ1) is 23.6. The normalized spacial score (nSPS) is 12.2. The Morgan fingerprint density at radius 3 is 2.62 bits per heavy atom. The molecule has 1 heterocycles. The molecule has 34 heavy (non-hydrogen) atoms. The molecule has 0 radical (unpaired) electrons. The molecule has 178 valence electrons. The highest BCUT2D eigenvalue weighted by Gasteiger charge is 2.27. The van der Waals surface area contributed by atoms with Crippen molar-refractivity contribution in [3.63, 3.8) is 0 Å². The van der Waals surface area contributed by atoms with Crippen molar-refractivity contribution in [3.8, 4) is 17.2 Å². The third-order valence-electron chi connectivity index (χ3n) is 5.48. The van der Waals surface area contributed by atoms with Crippen molar-refractivity contribution in [3.05, 3.63) is 71.3 Å². The van der Waals surface area contributed by atoms with Gasteiger partial charge in [0, 0.05) is 6.07 Å². The molecule has 1 aliphatic rings. The van der Waals surface area contributed by atoms with Crippen LogP contribution in [0, 0.1) is 0 Å². The number of aromatic carboxylic acids is 1. The van der Waals surface area contributed by atoms with E-state index in [4.69, 9.17) is 9.47 Å². The Morgan fingerprint density at radius 1 is 1.09 bits per heavy atom. The Labute approximate surface area is 198 Å². The fourth-order valence-electron chi connectivity index (χ4n) is 3.67. The van der Waals surface area contributed by atoms with Crippen LogP contribution in [-0.2, 0) is 16.4 Å². The SMILES string of the molecule is CCCCOc1cccc(Cc2ccc3c(c2)Oc2cc(S(=O)(=O)NC)cc(C(=O)O)c2N3)c1. The number of anilines is 2. The molecule has 9 heteroatoms. The number of benzene rings is 3. The van der Waals surface area contributed by atoms with E-state index in [1.165, 1.54) is 13.1 Å². The number of hydrogen-bond acceptors (Lipinski definition) is 6. The van der Waals surface area contributed by atoms with Gasteiger partial charge in [0.05, 0.1) is 28.4 Å². The molecule has 0 fully saturated rings. The summed E-state index contributed by atoms with van der Waals surface area (Å²) in [6.45, 7) is 2.80. The number of fused-ring (bicyclic) bond motifs is 2. The van der Waals surface area contributed by atoms with Gasteiger partial charge in [-0.15, -0.1) is 0 Å². The van der Waals surface area contributed by atoms with Gasteiger partial charge < -0.3 is 19.9 Å². The lowest BCUT2D eigenvalue weighted by Gasteiger charge is -2.24. The monoisotopic (exact) mass is 482 g/mol. The van der Waals surface area contributed by atoms with Gasteiger partial charge in [0.2, 0.25) is 10.0 Å². The quantitative estimate of drug-likeness (QED) is 0.290. The molecule has 3 N–H and O–H groups in total. The first-order chi connectivity index (χ1) is 16.3. The van der Waals surface area contributed by atoms with Crippen LogP contribution in [0.1, 0.15) is 41.3 Å². The summed E-state index contributed by atoms with van der Waals surface area (Å²) in [6, 6.07) is 16.0. The second-order valence-corrected chi connectivity index (χ2v) is 9.83. The number of unbranched alkanes of at least 4 members (excludes halogenated alkanes) is 1. The zero-order chi connectivity index (χ0) is 24.3. The van der Waals surface area contributed by atoms with Crippen molar-refractivity contribution in [1.82, 2.24) is 4.72 Å². The van der Waals surface area contributed by atoms with Crippen LogP contribution in [0.3, 0.4) is 0 Å². The van der Waals surface area contributed by atoms with Crippen molar-refractivity contribution < 1.29 is 27.8 Å². The summed E-state index contributed by atoms with van der Waals surface area (Å²) in [7, 11) is -2.60. The predicted octanol–water partition coefficient (Wildman–Crippen LogP) is 4.91. The standard InChI is InChI=1S/C25H26N2O6S/c1-3-4-10-32-18-7-5-6-16(12-18)11-17-8-9-21-22(13-17)33-23-15-19(34(30,31)26-2)14-20(25(28)29)24(23)27-21/h5-9,12-15,26-27H,3-4,10-11H2,1-2H3,(H,28,29). The number of hydrogen-bond donors (Lipinski definition) is 3. The first-order valence-corrected chi connectivity index (χ1v) is 12.4. The molecule has 8 nitrogen and oxygen atoms in total. The summed E-state index contributed by atoms with van der Waals surface area (Å²) in [6.07, 6.45) is 2.72. The van der Waals surface area contributed by atoms with Gasteiger partial charge in [-0.3, -0.25) is 0 Å². The van der Waals surface area contributed by atoms with Crippen LogP contribution >= 0.6 is 0 Å². The Hall–Kier alpha value is -3.56. The summed E-state index contributed by atoms with van der Waals surface area (Å²) < 4.78 is 38.5. The Kier molecular flexibility index (Phi) is 6.76. The number of nitrogens with one attached hydrogen (secondary N) is 2. The van der Waals surface area contributed by atoms with Crippen LogP contribution in [0.15, 0.2) is 59.5 Å². The lowest BCUT2D eigenvalue weighted by Crippen LogP contribution is -2.20. The van der Waals surface area contributed by atoms with Crippen LogP contribution in [-0.4, -0.2) is 33.1 Å². The number of ether oxygens (including phenoxy) is 2. The van der Waals surface area contributed by atoms with E-state index in [2.05, 4.69) is 17.0 Å². The molecule has 3 aromatic rings. The van der Waals surface area contributed by atoms with Crippen LogP contribution in [0.4, 0.5) is 11.4 Å². The second kappa shape index (κ2) is 9.74. The number of carbonyl (C=O) groups is 1. The smallest absolute Gasteiger partial charge is 0.338 e. The van der Waals surface area contributed by atoms with E-state index in [0.29, 0.717) is 24.5 Å². The Balaban J connectivity index is 1.61. The minimum Gasteiger partial charge on any atom is -0.494 e. The van der Waals surface area contributed by atoms with E-state index >= 15 is 0 Å². The average molecular weight is 483 g/mol. The van der Waals surface area contributed by atoms with Crippen molar-refractivity contribution >= 4 is 27.4 Å². The predicted molar refractivity (Wildman–Crippen MR) is 129 cm³/mol. The topological polar surface area (TPSA) is 114 Å². The van der Waals surface area contributed by atoms with Gasteiger partial charge in [-0.05, 0) is 61.3 Å². The van der Waals surface area contributed by atoms with Crippen LogP contribution in [0.25, 0.3) is 0 Å². The molecule has 0 unspecified atom stereocenters. The summed E-state index contributed by atoms with van der Waals surface area (Å²) in [4.78, 5) is 11.6. The maximum absolute atomic E-state index is 12.3. The third kappa shape index (κ3) is 5.00. The molecule has 3 aromatic carbocycles. The van der Waals surface area contributed by atoms with Crippen LogP contribution < -0.4 is 19.5 Å². The van der Waals surface area contributed by atoms with Crippen LogP contribution in [0.2, 0.25) is 0 Å². The van der Waals surface area contributed by atoms with Crippen molar-refractivity contribution in [2.24, 2.45) is 0 Å². The Bertz CT molecular complexity index is 1340. The van der Waals surface area contributed by atoms with Gasteiger partial charge in [-0.1, -0.05) is 31.5 Å². The average Bonchev–Trinajstić information content (AvgIpc) is 2.82. The molecule has 0 amide bonds. The van der Waals surface area contributed by atoms with Gasteiger partial charge in [-0.25, -0.2) is 17.9 Å². The van der Waals surface area contributed by atoms with Crippen molar-refractivity contribution in [1.29, 1.82) is 0 Å². The van der Waals surface area contributed by atoms with E-state index in [9.17, 15) is 18.3 Å². The van der Waals surface area contributed by atoms with Gasteiger partial charge >= 0.3 is 5.97 Å². The number of rotatable bonds is 9. The first-order valence-electron chi connectivity index (χ1n) is 10.9. The lowest BCUT2D eigenvalue weighted by atomic mass is 10.0. The summed E-state index contributed by atoms with van der Waals surface area (Å²) in [5.41, 5.74) is 2.67. The van der Waals surface area contributed by atoms with E-state index < -0.39 is 16.0 Å². The third-order valence-corrected chi connectivity index (χ3v) is 6.88. The molecule has 0 bridgehead atoms. The molecule has 0 atom stereocenters. The zero-order valence-corrected chi connectivity index (χ0v) is 19.7. The Morgan fingerprint density at radius 2 is 1.88 bits per heavy atom. The lowest BCUT2D eigenvalue weighted by molar-refractivity contribution is 0.0697. The van der Waals surface area contributed by atoms with E-state index in [1.807, 2.05) is 42.5 Å². The number of carboxylic acid groups (broad SMARTS) is 1. The van der Waals surface area contributed by atoms with Crippen LogP contribution in [0.5, 0.6) is 17.2 Å². The molecule has 0 aliphatic carbocycles. The van der Waals surface area contributed by atoms with E-state index in [-0.39, 0.29) is 21.9 Å². The van der Waals surface area contributed by atoms with Gasteiger partial charge in [0.25, 0.3) is 0 Å². The fourth-order valence-corrected chi connectivity index (χ4v) is 4.45. The highest BCUT2D eigenvalue weighted by Crippen LogP contribution is 2.45. The maximum Gasteiger partial charge on any atom is 0.338 e. The molecule has 4 rings (SSSR count). The summed E-state index contributed by atoms with van der Waals surface area (Å²) in [5.74, 6) is 0.178. The molecular weight excluding hydrogens is 456 g/mol. The number of sulfonamides is 1. The molecular formula is C25H26N2O6S. The summed E-state index contributed by atoms with van der Waals surface area (Å²) in [5, 5.41) is 12.7. The zero-order valence-electron chi connectivity index (χ0n) is 18.9. The van der Waals surface area contributed by atoms with Crippen molar-refractivity contribution in [2.75, 3.05) is 19.0 Å². The fraction of sp³-hybridized carbons (Fsp3) is 0.240. The molecule has 0 aromatic heterocycles. The highest BCUT2D eigenvalue weighted by atomic mass is 32.2. The van der Waals surface area contributed by atoms with E-state index in [1.54, 1.807) is 0 Å². The molecule has 0 spiro atoms. The largest absolute Gasteiger partial charge is 0.494 e. The summed E-state index contributed by atoms with van der Waals surface area (Å²) >= 11 is 0. The van der Waals surface area contributed by atoms with E-state index in [0.717, 1.165) is 35.8 Å². The van der Waals surface area contributed by atoms with Crippen molar-refractivity contribution in [2.45, 2.75) is 31.1 Å². The van der Waals surface area contributed by atoms with Gasteiger partial charge in [0.15, 0.2) is 11.5 Å². The minimum absolute atomic E-state index is 0.129. The maximum atomic E-state index is 12.3. The molecule has 0 saturated heterocycles. The van der Waals surface area contributed by atoms with Gasteiger partial charge in [0.1, 0.15) is 5.75 Å². The molecule has 0 saturated carbocycles. The van der Waals surface area contributed by atoms with Gasteiger partial charge in [-0.2, -0.15) is 0 Å². The molecule has 1 aliphatic heterocycles.